The van der Waals surface area contributed by atoms with Crippen molar-refractivity contribution in [3.63, 3.8) is 0 Å². The smallest absolute Gasteiger partial charge is 0.146 e. The lowest BCUT2D eigenvalue weighted by Gasteiger charge is -2.10. The molecule has 0 saturated heterocycles. The number of nitrogen functional groups attached to an aromatic ring is 2. The van der Waals surface area contributed by atoms with E-state index in [0.717, 1.165) is 24.4 Å². The Hall–Kier alpha value is -1.97. The van der Waals surface area contributed by atoms with Crippen LogP contribution in [0.4, 0.5) is 5.82 Å². The van der Waals surface area contributed by atoms with Crippen LogP contribution < -0.4 is 11.6 Å². The standard InChI is InChI=1S/C14H20N4/c1-3-13-17-12(14(15)18(13)16)9-10(2)11-7-5-4-6-8-11/h4-8,10H,3,9,15-16H2,1-2H3. The number of aryl methyl sites for hydroxylation is 1. The van der Waals surface area contributed by atoms with Gasteiger partial charge in [-0.05, 0) is 11.5 Å². The van der Waals surface area contributed by atoms with E-state index in [-0.39, 0.29) is 0 Å². The molecule has 1 aromatic carbocycles. The zero-order valence-corrected chi connectivity index (χ0v) is 10.9. The molecule has 0 radical (unpaired) electrons. The normalized spacial score (nSPS) is 12.6. The summed E-state index contributed by atoms with van der Waals surface area (Å²) in [5.74, 6) is 7.65. The number of imidazole rings is 1. The van der Waals surface area contributed by atoms with E-state index in [9.17, 15) is 0 Å². The van der Waals surface area contributed by atoms with Crippen LogP contribution in [0.1, 0.15) is 36.8 Å². The Labute approximate surface area is 108 Å². The highest BCUT2D eigenvalue weighted by atomic mass is 15.4. The number of hydrogen-bond acceptors (Lipinski definition) is 3. The van der Waals surface area contributed by atoms with E-state index in [1.165, 1.54) is 10.2 Å². The van der Waals surface area contributed by atoms with Gasteiger partial charge in [0.25, 0.3) is 0 Å². The Kier molecular flexibility index (Phi) is 3.55. The Morgan fingerprint density at radius 2 is 1.94 bits per heavy atom. The Bertz CT molecular complexity index is 516. The minimum absolute atomic E-state index is 0.383. The molecule has 0 fully saturated rings. The van der Waals surface area contributed by atoms with Crippen LogP contribution in [0.25, 0.3) is 0 Å². The first-order valence-electron chi connectivity index (χ1n) is 6.29. The van der Waals surface area contributed by atoms with Crippen LogP contribution >= 0.6 is 0 Å². The fourth-order valence-corrected chi connectivity index (χ4v) is 2.13. The maximum absolute atomic E-state index is 5.98. The molecule has 0 spiro atoms. The van der Waals surface area contributed by atoms with Gasteiger partial charge in [-0.15, -0.1) is 0 Å². The molecule has 2 aromatic rings. The van der Waals surface area contributed by atoms with Gasteiger partial charge in [0.2, 0.25) is 0 Å². The molecule has 0 aliphatic heterocycles. The number of anilines is 1. The van der Waals surface area contributed by atoms with Crippen LogP contribution in [0.15, 0.2) is 30.3 Å². The first kappa shape index (κ1) is 12.5. The van der Waals surface area contributed by atoms with Crippen LogP contribution in [0.3, 0.4) is 0 Å². The first-order chi connectivity index (χ1) is 8.63. The lowest BCUT2D eigenvalue weighted by atomic mass is 9.96. The second kappa shape index (κ2) is 5.12. The Morgan fingerprint density at radius 3 is 2.50 bits per heavy atom. The summed E-state index contributed by atoms with van der Waals surface area (Å²) in [4.78, 5) is 4.51. The fourth-order valence-electron chi connectivity index (χ4n) is 2.13. The van der Waals surface area contributed by atoms with Gasteiger partial charge >= 0.3 is 0 Å². The second-order valence-electron chi connectivity index (χ2n) is 4.60. The second-order valence-corrected chi connectivity index (χ2v) is 4.60. The van der Waals surface area contributed by atoms with E-state index in [1.54, 1.807) is 0 Å². The maximum Gasteiger partial charge on any atom is 0.146 e. The molecule has 4 heteroatoms. The highest BCUT2D eigenvalue weighted by Crippen LogP contribution is 2.23. The Morgan fingerprint density at radius 1 is 1.28 bits per heavy atom. The van der Waals surface area contributed by atoms with Gasteiger partial charge in [-0.2, -0.15) is 0 Å². The van der Waals surface area contributed by atoms with Crippen LogP contribution in [-0.2, 0) is 12.8 Å². The maximum atomic E-state index is 5.98. The summed E-state index contributed by atoms with van der Waals surface area (Å²) in [6.45, 7) is 4.20. The minimum atomic E-state index is 0.383. The third-order valence-corrected chi connectivity index (χ3v) is 3.28. The number of rotatable bonds is 4. The SMILES string of the molecule is CCc1nc(CC(C)c2ccccc2)c(N)n1N. The van der Waals surface area contributed by atoms with Gasteiger partial charge in [0.05, 0.1) is 5.69 Å². The van der Waals surface area contributed by atoms with Crippen molar-refractivity contribution >= 4 is 5.82 Å². The van der Waals surface area contributed by atoms with Gasteiger partial charge in [-0.25, -0.2) is 9.66 Å². The molecule has 1 atom stereocenters. The zero-order chi connectivity index (χ0) is 13.1. The third kappa shape index (κ3) is 2.32. The van der Waals surface area contributed by atoms with Gasteiger partial charge in [0.15, 0.2) is 0 Å². The number of benzene rings is 1. The highest BCUT2D eigenvalue weighted by Gasteiger charge is 2.15. The van der Waals surface area contributed by atoms with Crippen LogP contribution in [-0.4, -0.2) is 9.66 Å². The zero-order valence-electron chi connectivity index (χ0n) is 10.9. The van der Waals surface area contributed by atoms with Gasteiger partial charge in [0.1, 0.15) is 11.6 Å². The van der Waals surface area contributed by atoms with Crippen LogP contribution in [0.2, 0.25) is 0 Å². The van der Waals surface area contributed by atoms with E-state index in [1.807, 2.05) is 25.1 Å². The molecular formula is C14H20N4. The summed E-state index contributed by atoms with van der Waals surface area (Å²) in [7, 11) is 0. The molecule has 1 unspecified atom stereocenters. The molecule has 1 heterocycles. The topological polar surface area (TPSA) is 69.9 Å². The molecule has 4 nitrogen and oxygen atoms in total. The van der Waals surface area contributed by atoms with Crippen LogP contribution in [0, 0.1) is 0 Å². The number of hydrogen-bond donors (Lipinski definition) is 2. The average molecular weight is 244 g/mol. The summed E-state index contributed by atoms with van der Waals surface area (Å²) in [5, 5.41) is 0. The third-order valence-electron chi connectivity index (χ3n) is 3.28. The number of nitrogens with zero attached hydrogens (tertiary/aromatic N) is 2. The monoisotopic (exact) mass is 244 g/mol. The highest BCUT2D eigenvalue weighted by molar-refractivity contribution is 5.39. The van der Waals surface area contributed by atoms with E-state index in [0.29, 0.717) is 11.7 Å². The molecule has 18 heavy (non-hydrogen) atoms. The van der Waals surface area contributed by atoms with Crippen molar-refractivity contribution in [2.75, 3.05) is 11.6 Å². The lowest BCUT2D eigenvalue weighted by Crippen LogP contribution is -2.15. The number of aromatic nitrogens is 2. The summed E-state index contributed by atoms with van der Waals surface area (Å²) >= 11 is 0. The quantitative estimate of drug-likeness (QED) is 0.809. The first-order valence-corrected chi connectivity index (χ1v) is 6.29. The van der Waals surface area contributed by atoms with Gasteiger partial charge < -0.3 is 11.6 Å². The van der Waals surface area contributed by atoms with Gasteiger partial charge in [-0.3, -0.25) is 0 Å². The molecule has 1 aromatic heterocycles. The van der Waals surface area contributed by atoms with Crippen molar-refractivity contribution in [3.8, 4) is 0 Å². The average Bonchev–Trinajstić information content (AvgIpc) is 2.67. The fraction of sp³-hybridized carbons (Fsp3) is 0.357. The van der Waals surface area contributed by atoms with Gasteiger partial charge in [-0.1, -0.05) is 44.2 Å². The summed E-state index contributed by atoms with van der Waals surface area (Å²) in [6.07, 6.45) is 1.60. The molecular weight excluding hydrogens is 224 g/mol. The molecule has 0 aliphatic carbocycles. The van der Waals surface area contributed by atoms with E-state index >= 15 is 0 Å². The van der Waals surface area contributed by atoms with E-state index < -0.39 is 0 Å². The molecule has 0 aliphatic rings. The Balaban J connectivity index is 2.19. The van der Waals surface area contributed by atoms with Crippen molar-refractivity contribution in [1.82, 2.24) is 9.66 Å². The minimum Gasteiger partial charge on any atom is -0.382 e. The summed E-state index contributed by atoms with van der Waals surface area (Å²) < 4.78 is 1.49. The van der Waals surface area contributed by atoms with E-state index in [2.05, 4.69) is 24.0 Å². The van der Waals surface area contributed by atoms with Gasteiger partial charge in [0, 0.05) is 12.8 Å². The summed E-state index contributed by atoms with van der Waals surface area (Å²) in [6, 6.07) is 10.4. The van der Waals surface area contributed by atoms with E-state index in [4.69, 9.17) is 11.6 Å². The lowest BCUT2D eigenvalue weighted by molar-refractivity contribution is 0.743. The molecule has 0 saturated carbocycles. The van der Waals surface area contributed by atoms with Crippen molar-refractivity contribution in [1.29, 1.82) is 0 Å². The molecule has 96 valence electrons. The predicted octanol–water partition coefficient (Wildman–Crippen LogP) is 2.09. The van der Waals surface area contributed by atoms with Crippen molar-refractivity contribution in [3.05, 3.63) is 47.4 Å². The molecule has 4 N–H and O–H groups in total. The molecule has 0 amide bonds. The van der Waals surface area contributed by atoms with Crippen molar-refractivity contribution in [2.45, 2.75) is 32.6 Å². The van der Waals surface area contributed by atoms with Crippen LogP contribution in [0.5, 0.6) is 0 Å². The predicted molar refractivity (Wildman–Crippen MR) is 74.7 cm³/mol. The largest absolute Gasteiger partial charge is 0.382 e. The van der Waals surface area contributed by atoms with Crippen molar-refractivity contribution < 1.29 is 0 Å². The molecule has 2 rings (SSSR count). The number of nitrogens with two attached hydrogens (primary N) is 2. The molecule has 0 bridgehead atoms. The van der Waals surface area contributed by atoms with Crippen molar-refractivity contribution in [2.24, 2.45) is 0 Å². The summed E-state index contributed by atoms with van der Waals surface area (Å²) in [5.41, 5.74) is 8.17.